The smallest absolute Gasteiger partial charge is 0.0558 e. The lowest BCUT2D eigenvalue weighted by molar-refractivity contribution is 0.0794. The summed E-state index contributed by atoms with van der Waals surface area (Å²) < 4.78 is 0. The lowest BCUT2D eigenvalue weighted by Crippen LogP contribution is -2.51. The van der Waals surface area contributed by atoms with Gasteiger partial charge in [-0.1, -0.05) is 6.92 Å². The predicted octanol–water partition coefficient (Wildman–Crippen LogP) is 0.00470. The summed E-state index contributed by atoms with van der Waals surface area (Å²) in [5.41, 5.74) is 0. The largest absolute Gasteiger partial charge is 0.395 e. The molecule has 1 heterocycles. The molecule has 1 fully saturated rings. The molecule has 1 atom stereocenters. The minimum absolute atomic E-state index is 0.292. The fourth-order valence-electron chi connectivity index (χ4n) is 1.80. The van der Waals surface area contributed by atoms with Gasteiger partial charge in [-0.3, -0.25) is 4.90 Å². The van der Waals surface area contributed by atoms with Crippen LogP contribution in [-0.4, -0.2) is 60.8 Å². The zero-order valence-corrected chi connectivity index (χ0v) is 8.16. The average Bonchev–Trinajstić information content (AvgIpc) is 2.09. The Hall–Kier alpha value is -0.120. The fourth-order valence-corrected chi connectivity index (χ4v) is 1.80. The van der Waals surface area contributed by atoms with Crippen LogP contribution < -0.4 is 0 Å². The Labute approximate surface area is 75.0 Å². The molecule has 0 amide bonds. The van der Waals surface area contributed by atoms with Gasteiger partial charge in [-0.25, -0.2) is 0 Å². The van der Waals surface area contributed by atoms with Crippen molar-refractivity contribution >= 4 is 0 Å². The molecule has 3 heteroatoms. The van der Waals surface area contributed by atoms with Crippen LogP contribution in [0.3, 0.4) is 0 Å². The lowest BCUT2D eigenvalue weighted by Gasteiger charge is -2.38. The topological polar surface area (TPSA) is 26.7 Å². The van der Waals surface area contributed by atoms with E-state index in [4.69, 9.17) is 5.11 Å². The molecule has 0 aromatic carbocycles. The first-order valence-electron chi connectivity index (χ1n) is 4.81. The molecule has 1 aliphatic heterocycles. The van der Waals surface area contributed by atoms with E-state index in [0.717, 1.165) is 26.2 Å². The molecule has 0 aliphatic carbocycles. The average molecular weight is 172 g/mol. The zero-order valence-electron chi connectivity index (χ0n) is 8.16. The van der Waals surface area contributed by atoms with Gasteiger partial charge in [0, 0.05) is 32.2 Å². The summed E-state index contributed by atoms with van der Waals surface area (Å²) in [6.07, 6.45) is 1.21. The quantitative estimate of drug-likeness (QED) is 0.649. The molecule has 1 saturated heterocycles. The van der Waals surface area contributed by atoms with E-state index in [1.807, 2.05) is 0 Å². The highest BCUT2D eigenvalue weighted by atomic mass is 16.3. The van der Waals surface area contributed by atoms with E-state index in [2.05, 4.69) is 23.8 Å². The maximum absolute atomic E-state index is 8.79. The van der Waals surface area contributed by atoms with Crippen LogP contribution in [-0.2, 0) is 0 Å². The zero-order chi connectivity index (χ0) is 8.97. The van der Waals surface area contributed by atoms with Gasteiger partial charge in [0.2, 0.25) is 0 Å². The van der Waals surface area contributed by atoms with Crippen molar-refractivity contribution in [1.29, 1.82) is 0 Å². The Morgan fingerprint density at radius 2 is 2.17 bits per heavy atom. The van der Waals surface area contributed by atoms with Crippen molar-refractivity contribution in [2.24, 2.45) is 0 Å². The van der Waals surface area contributed by atoms with Gasteiger partial charge in [0.15, 0.2) is 0 Å². The molecule has 0 aromatic rings. The van der Waals surface area contributed by atoms with Crippen LogP contribution in [0.1, 0.15) is 13.3 Å². The van der Waals surface area contributed by atoms with E-state index < -0.39 is 0 Å². The first-order valence-corrected chi connectivity index (χ1v) is 4.81. The normalized spacial score (nSPS) is 27.8. The highest BCUT2D eigenvalue weighted by molar-refractivity contribution is 4.78. The summed E-state index contributed by atoms with van der Waals surface area (Å²) in [5, 5.41) is 8.79. The molecule has 12 heavy (non-hydrogen) atoms. The van der Waals surface area contributed by atoms with E-state index in [9.17, 15) is 0 Å². The van der Waals surface area contributed by atoms with Crippen molar-refractivity contribution in [2.45, 2.75) is 19.4 Å². The summed E-state index contributed by atoms with van der Waals surface area (Å²) >= 11 is 0. The second-order valence-electron chi connectivity index (χ2n) is 3.57. The second kappa shape index (κ2) is 4.80. The maximum Gasteiger partial charge on any atom is 0.0558 e. The van der Waals surface area contributed by atoms with Crippen LogP contribution in [0.5, 0.6) is 0 Å². The Morgan fingerprint density at radius 1 is 1.42 bits per heavy atom. The van der Waals surface area contributed by atoms with Gasteiger partial charge in [-0.05, 0) is 13.5 Å². The number of nitrogens with zero attached hydrogens (tertiary/aromatic N) is 2. The molecule has 0 saturated carbocycles. The number of hydrogen-bond donors (Lipinski definition) is 1. The number of piperazine rings is 1. The highest BCUT2D eigenvalue weighted by Crippen LogP contribution is 2.09. The van der Waals surface area contributed by atoms with Gasteiger partial charge in [-0.2, -0.15) is 0 Å². The highest BCUT2D eigenvalue weighted by Gasteiger charge is 2.21. The third kappa shape index (κ3) is 2.44. The maximum atomic E-state index is 8.79. The van der Waals surface area contributed by atoms with Crippen molar-refractivity contribution in [2.75, 3.05) is 39.8 Å². The lowest BCUT2D eigenvalue weighted by atomic mass is 10.1. The molecule has 0 bridgehead atoms. The van der Waals surface area contributed by atoms with E-state index in [1.54, 1.807) is 0 Å². The van der Waals surface area contributed by atoms with Gasteiger partial charge >= 0.3 is 0 Å². The van der Waals surface area contributed by atoms with Crippen molar-refractivity contribution < 1.29 is 5.11 Å². The number of hydrogen-bond acceptors (Lipinski definition) is 3. The van der Waals surface area contributed by atoms with E-state index in [-0.39, 0.29) is 0 Å². The molecule has 1 rings (SSSR count). The summed E-state index contributed by atoms with van der Waals surface area (Å²) in [4.78, 5) is 4.75. The summed E-state index contributed by atoms with van der Waals surface area (Å²) in [6.45, 7) is 6.72. The molecular formula is C9H20N2O. The first-order chi connectivity index (χ1) is 5.77. The number of aliphatic hydroxyl groups is 1. The first kappa shape index (κ1) is 9.96. The van der Waals surface area contributed by atoms with E-state index in [1.165, 1.54) is 6.42 Å². The predicted molar refractivity (Wildman–Crippen MR) is 50.2 cm³/mol. The number of rotatable bonds is 3. The Balaban J connectivity index is 2.33. The Bertz CT molecular complexity index is 130. The Kier molecular flexibility index (Phi) is 3.98. The standard InChI is InChI=1S/C9H20N2O/c1-3-9-8-11(6-7-12)5-4-10(9)2/h9,12H,3-8H2,1-2H3. The van der Waals surface area contributed by atoms with Crippen LogP contribution in [0.2, 0.25) is 0 Å². The molecule has 3 nitrogen and oxygen atoms in total. The van der Waals surface area contributed by atoms with Gasteiger partial charge in [-0.15, -0.1) is 0 Å². The van der Waals surface area contributed by atoms with Crippen molar-refractivity contribution in [3.63, 3.8) is 0 Å². The van der Waals surface area contributed by atoms with Crippen molar-refractivity contribution in [3.8, 4) is 0 Å². The number of aliphatic hydroxyl groups excluding tert-OH is 1. The van der Waals surface area contributed by atoms with Crippen molar-refractivity contribution in [3.05, 3.63) is 0 Å². The minimum Gasteiger partial charge on any atom is -0.395 e. The van der Waals surface area contributed by atoms with Gasteiger partial charge in [0.25, 0.3) is 0 Å². The second-order valence-corrected chi connectivity index (χ2v) is 3.57. The van der Waals surface area contributed by atoms with Crippen LogP contribution in [0.4, 0.5) is 0 Å². The summed E-state index contributed by atoms with van der Waals surface area (Å²) in [7, 11) is 2.18. The summed E-state index contributed by atoms with van der Waals surface area (Å²) in [6, 6.07) is 0.685. The summed E-state index contributed by atoms with van der Waals surface area (Å²) in [5.74, 6) is 0. The monoisotopic (exact) mass is 172 g/mol. The Morgan fingerprint density at radius 3 is 2.75 bits per heavy atom. The molecule has 0 spiro atoms. The fraction of sp³-hybridized carbons (Fsp3) is 1.00. The van der Waals surface area contributed by atoms with Crippen molar-refractivity contribution in [1.82, 2.24) is 9.80 Å². The minimum atomic E-state index is 0.292. The molecule has 1 unspecified atom stereocenters. The van der Waals surface area contributed by atoms with Crippen LogP contribution >= 0.6 is 0 Å². The third-order valence-corrected chi connectivity index (χ3v) is 2.75. The van der Waals surface area contributed by atoms with E-state index >= 15 is 0 Å². The number of β-amino-alcohol motifs (C(OH)–C–C–N with tert-alkyl or cyclic N) is 1. The van der Waals surface area contributed by atoms with Crippen LogP contribution in [0, 0.1) is 0 Å². The SMILES string of the molecule is CCC1CN(CCO)CCN1C. The van der Waals surface area contributed by atoms with Gasteiger partial charge in [0.1, 0.15) is 0 Å². The number of likely N-dealkylation sites (N-methyl/N-ethyl adjacent to an activating group) is 1. The molecule has 72 valence electrons. The van der Waals surface area contributed by atoms with E-state index in [0.29, 0.717) is 12.6 Å². The molecule has 0 radical (unpaired) electrons. The molecule has 1 N–H and O–H groups in total. The molecular weight excluding hydrogens is 152 g/mol. The third-order valence-electron chi connectivity index (χ3n) is 2.75. The molecule has 0 aromatic heterocycles. The molecule has 1 aliphatic rings. The van der Waals surface area contributed by atoms with Gasteiger partial charge < -0.3 is 10.0 Å². The van der Waals surface area contributed by atoms with Gasteiger partial charge in [0.05, 0.1) is 6.61 Å². The van der Waals surface area contributed by atoms with Crippen LogP contribution in [0.15, 0.2) is 0 Å². The van der Waals surface area contributed by atoms with Crippen LogP contribution in [0.25, 0.3) is 0 Å².